The van der Waals surface area contributed by atoms with Crippen LogP contribution in [-0.4, -0.2) is 4.98 Å². The van der Waals surface area contributed by atoms with E-state index in [2.05, 4.69) is 165 Å². The first-order valence-corrected chi connectivity index (χ1v) is 16.7. The Labute approximate surface area is 283 Å². The highest BCUT2D eigenvalue weighted by molar-refractivity contribution is 9.10. The van der Waals surface area contributed by atoms with Crippen molar-refractivity contribution in [3.8, 4) is 11.1 Å². The van der Waals surface area contributed by atoms with Crippen molar-refractivity contribution in [2.24, 2.45) is 0 Å². The molecule has 226 valence electrons. The molecule has 0 spiro atoms. The van der Waals surface area contributed by atoms with E-state index in [4.69, 9.17) is 8.83 Å². The Hall–Kier alpha value is -5.91. The molecule has 5 heteroatoms. The average Bonchev–Trinajstić information content (AvgIpc) is 3.77. The van der Waals surface area contributed by atoms with Crippen LogP contribution in [-0.2, 0) is 0 Å². The van der Waals surface area contributed by atoms with E-state index in [1.165, 1.54) is 27.9 Å². The summed E-state index contributed by atoms with van der Waals surface area (Å²) in [5.41, 5.74) is 8.73. The van der Waals surface area contributed by atoms with Crippen LogP contribution in [0.5, 0.6) is 0 Å². The second-order valence-corrected chi connectivity index (χ2v) is 13.0. The lowest BCUT2D eigenvalue weighted by Crippen LogP contribution is -2.10. The molecule has 0 fully saturated rings. The molecule has 0 saturated heterocycles. The number of hydrogen-bond acceptors (Lipinski definition) is 4. The van der Waals surface area contributed by atoms with Crippen LogP contribution in [0, 0.1) is 0 Å². The molecule has 0 radical (unpaired) electrons. The molecule has 0 aliphatic rings. The molecule has 0 saturated carbocycles. The predicted molar refractivity (Wildman–Crippen MR) is 202 cm³/mol. The van der Waals surface area contributed by atoms with Gasteiger partial charge in [0, 0.05) is 43.8 Å². The molecule has 0 aliphatic carbocycles. The van der Waals surface area contributed by atoms with Gasteiger partial charge < -0.3 is 13.7 Å². The van der Waals surface area contributed by atoms with Gasteiger partial charge in [-0.1, -0.05) is 101 Å². The summed E-state index contributed by atoms with van der Waals surface area (Å²) in [6.45, 7) is 0. The molecule has 10 rings (SSSR count). The van der Waals surface area contributed by atoms with Crippen molar-refractivity contribution in [3.63, 3.8) is 0 Å². The first-order valence-electron chi connectivity index (χ1n) is 15.9. The number of aromatic nitrogens is 1. The predicted octanol–water partition coefficient (Wildman–Crippen LogP) is 13.1. The zero-order valence-corrected chi connectivity index (χ0v) is 27.1. The molecule has 8 aromatic carbocycles. The molecule has 10 aromatic rings. The van der Waals surface area contributed by atoms with Crippen LogP contribution < -0.4 is 4.90 Å². The van der Waals surface area contributed by atoms with E-state index in [0.717, 1.165) is 76.5 Å². The molecule has 0 N–H and O–H groups in total. The van der Waals surface area contributed by atoms with E-state index in [1.807, 2.05) is 6.07 Å². The van der Waals surface area contributed by atoms with Gasteiger partial charge >= 0.3 is 0 Å². The Morgan fingerprint density at radius 3 is 2.17 bits per heavy atom. The smallest absolute Gasteiger partial charge is 0.182 e. The van der Waals surface area contributed by atoms with Gasteiger partial charge in [-0.2, -0.15) is 0 Å². The van der Waals surface area contributed by atoms with Gasteiger partial charge in [-0.25, -0.2) is 4.98 Å². The number of anilines is 3. The minimum Gasteiger partial charge on any atom is -0.456 e. The topological polar surface area (TPSA) is 42.4 Å². The Balaban J connectivity index is 1.17. The van der Waals surface area contributed by atoms with Crippen LogP contribution in [0.2, 0.25) is 0 Å². The van der Waals surface area contributed by atoms with Crippen molar-refractivity contribution in [3.05, 3.63) is 156 Å². The van der Waals surface area contributed by atoms with Crippen molar-refractivity contribution in [2.75, 3.05) is 4.90 Å². The summed E-state index contributed by atoms with van der Waals surface area (Å²) in [4.78, 5) is 6.82. The number of nitrogens with zero attached hydrogens (tertiary/aromatic N) is 2. The lowest BCUT2D eigenvalue weighted by molar-refractivity contribution is 0.602. The van der Waals surface area contributed by atoms with E-state index >= 15 is 0 Å². The Bertz CT molecular complexity index is 2880. The number of hydrogen-bond donors (Lipinski definition) is 0. The summed E-state index contributed by atoms with van der Waals surface area (Å²) in [5.74, 6) is 0. The van der Waals surface area contributed by atoms with Gasteiger partial charge in [0.1, 0.15) is 16.7 Å². The number of fused-ring (bicyclic) bond motifs is 9. The first-order chi connectivity index (χ1) is 23.7. The minimum absolute atomic E-state index is 0.789. The maximum absolute atomic E-state index is 6.57. The van der Waals surface area contributed by atoms with E-state index in [0.29, 0.717) is 0 Å². The summed E-state index contributed by atoms with van der Waals surface area (Å²) in [7, 11) is 0. The van der Waals surface area contributed by atoms with E-state index < -0.39 is 0 Å². The molecule has 0 amide bonds. The lowest BCUT2D eigenvalue weighted by atomic mass is 9.99. The van der Waals surface area contributed by atoms with Crippen molar-refractivity contribution >= 4 is 98.3 Å². The molecule has 48 heavy (non-hydrogen) atoms. The van der Waals surface area contributed by atoms with Gasteiger partial charge in [0.05, 0.1) is 0 Å². The Kier molecular flexibility index (Phi) is 5.99. The number of rotatable bonds is 4. The van der Waals surface area contributed by atoms with Crippen LogP contribution >= 0.6 is 15.9 Å². The SMILES string of the molecule is Brc1cc2oc3cc(N(c4cccc(-c5ccc6ccc7ocnc7c6c5)c4)c4ccc5ccccc5c4)ccc3c2c2ccccc12. The van der Waals surface area contributed by atoms with Gasteiger partial charge in [0.2, 0.25) is 0 Å². The summed E-state index contributed by atoms with van der Waals surface area (Å²) < 4.78 is 13.2. The highest BCUT2D eigenvalue weighted by Crippen LogP contribution is 2.43. The van der Waals surface area contributed by atoms with Gasteiger partial charge in [0.15, 0.2) is 12.0 Å². The van der Waals surface area contributed by atoms with Gasteiger partial charge in [-0.3, -0.25) is 0 Å². The standard InChI is InChI=1S/C43H25BrN2O2/c44-38-24-41-42(35-11-4-3-10-34(35)38)36-18-17-33(23-40(36)48-41)46(32-16-14-26-6-1-2-7-28(26)20-32)31-9-5-8-29(21-31)30-13-12-27-15-19-39-43(37(27)22-30)45-25-47-39/h1-25H. The molecule has 0 bridgehead atoms. The minimum atomic E-state index is 0.789. The van der Waals surface area contributed by atoms with Crippen molar-refractivity contribution in [1.82, 2.24) is 4.98 Å². The molecule has 2 aromatic heterocycles. The fourth-order valence-electron chi connectivity index (χ4n) is 7.14. The zero-order chi connectivity index (χ0) is 31.8. The van der Waals surface area contributed by atoms with Gasteiger partial charge in [0.25, 0.3) is 0 Å². The van der Waals surface area contributed by atoms with Crippen LogP contribution in [0.25, 0.3) is 76.5 Å². The van der Waals surface area contributed by atoms with E-state index in [-0.39, 0.29) is 0 Å². The van der Waals surface area contributed by atoms with E-state index in [9.17, 15) is 0 Å². The van der Waals surface area contributed by atoms with Crippen LogP contribution in [0.4, 0.5) is 17.1 Å². The normalized spacial score (nSPS) is 11.9. The van der Waals surface area contributed by atoms with Crippen molar-refractivity contribution < 1.29 is 8.83 Å². The molecule has 0 unspecified atom stereocenters. The largest absolute Gasteiger partial charge is 0.456 e. The fraction of sp³-hybridized carbons (Fsp3) is 0. The lowest BCUT2D eigenvalue weighted by Gasteiger charge is -2.26. The summed E-state index contributed by atoms with van der Waals surface area (Å²) in [5, 5.41) is 9.17. The third kappa shape index (κ3) is 4.25. The zero-order valence-electron chi connectivity index (χ0n) is 25.5. The third-order valence-corrected chi connectivity index (χ3v) is 10.1. The first kappa shape index (κ1) is 27.2. The highest BCUT2D eigenvalue weighted by atomic mass is 79.9. The Morgan fingerprint density at radius 1 is 0.479 bits per heavy atom. The maximum atomic E-state index is 6.57. The monoisotopic (exact) mass is 680 g/mol. The van der Waals surface area contributed by atoms with Crippen molar-refractivity contribution in [1.29, 1.82) is 0 Å². The summed E-state index contributed by atoms with van der Waals surface area (Å²) >= 11 is 3.77. The second-order valence-electron chi connectivity index (χ2n) is 12.2. The number of oxazole rings is 1. The maximum Gasteiger partial charge on any atom is 0.182 e. The molecule has 0 atom stereocenters. The average molecular weight is 682 g/mol. The number of halogens is 1. The van der Waals surface area contributed by atoms with Gasteiger partial charge in [-0.15, -0.1) is 0 Å². The third-order valence-electron chi connectivity index (χ3n) is 9.42. The Morgan fingerprint density at radius 2 is 1.23 bits per heavy atom. The van der Waals surface area contributed by atoms with Gasteiger partial charge in [-0.05, 0) is 92.7 Å². The molecular formula is C43H25BrN2O2. The van der Waals surface area contributed by atoms with Crippen LogP contribution in [0.3, 0.4) is 0 Å². The quantitative estimate of drug-likeness (QED) is 0.185. The molecular weight excluding hydrogens is 656 g/mol. The molecule has 2 heterocycles. The second kappa shape index (κ2) is 10.6. The fourth-order valence-corrected chi connectivity index (χ4v) is 7.69. The van der Waals surface area contributed by atoms with Crippen LogP contribution in [0.15, 0.2) is 165 Å². The molecule has 4 nitrogen and oxygen atoms in total. The number of benzene rings is 8. The van der Waals surface area contributed by atoms with Crippen molar-refractivity contribution in [2.45, 2.75) is 0 Å². The van der Waals surface area contributed by atoms with Crippen LogP contribution in [0.1, 0.15) is 0 Å². The number of furan rings is 1. The highest BCUT2D eigenvalue weighted by Gasteiger charge is 2.18. The molecule has 0 aliphatic heterocycles. The van der Waals surface area contributed by atoms with E-state index in [1.54, 1.807) is 0 Å². The summed E-state index contributed by atoms with van der Waals surface area (Å²) in [6.07, 6.45) is 1.51. The summed E-state index contributed by atoms with van der Waals surface area (Å²) in [6, 6.07) is 51.6.